The van der Waals surface area contributed by atoms with E-state index >= 15 is 0 Å². The third-order valence-corrected chi connectivity index (χ3v) is 4.16. The summed E-state index contributed by atoms with van der Waals surface area (Å²) in [5.41, 5.74) is 2.75. The number of nitrogens with one attached hydrogen (secondary N) is 3. The summed E-state index contributed by atoms with van der Waals surface area (Å²) in [7, 11) is 0. The summed E-state index contributed by atoms with van der Waals surface area (Å²) in [4.78, 5) is 2.46. The minimum atomic E-state index is 0.949. The standard InChI is InChI=1S/C19H32N4/c1-2-14-23-15-4-11-21-13-12-20-9-3-10-22-16-18-5-7-19(17-23)8-6-18/h2,5-8,20-22H,1,3-4,9-17H2. The lowest BCUT2D eigenvalue weighted by Crippen LogP contribution is -2.32. The Morgan fingerprint density at radius 1 is 0.870 bits per heavy atom. The smallest absolute Gasteiger partial charge is 0.0237 e. The lowest BCUT2D eigenvalue weighted by atomic mass is 10.1. The van der Waals surface area contributed by atoms with Crippen molar-refractivity contribution in [1.82, 2.24) is 20.9 Å². The normalized spacial score (nSPS) is 19.8. The summed E-state index contributed by atoms with van der Waals surface area (Å²) in [6.07, 6.45) is 4.35. The molecule has 4 heteroatoms. The highest BCUT2D eigenvalue weighted by Crippen LogP contribution is 2.08. The molecule has 0 unspecified atom stereocenters. The Kier molecular flexibility index (Phi) is 8.96. The molecule has 0 atom stereocenters. The Labute approximate surface area is 141 Å². The van der Waals surface area contributed by atoms with Crippen LogP contribution in [0, 0.1) is 0 Å². The number of rotatable bonds is 2. The molecule has 4 nitrogen and oxygen atoms in total. The summed E-state index contributed by atoms with van der Waals surface area (Å²) in [6, 6.07) is 9.01. The number of nitrogens with zero attached hydrogens (tertiary/aromatic N) is 1. The zero-order chi connectivity index (χ0) is 16.2. The number of benzene rings is 1. The Balaban J connectivity index is 1.91. The molecule has 0 saturated heterocycles. The molecule has 0 fully saturated rings. The Morgan fingerprint density at radius 2 is 1.52 bits per heavy atom. The SMILES string of the molecule is C=CCN1CCCNCCNCCCNCc2ccc(cc2)C1. The van der Waals surface area contributed by atoms with E-state index in [2.05, 4.69) is 51.7 Å². The van der Waals surface area contributed by atoms with E-state index in [1.807, 2.05) is 6.08 Å². The van der Waals surface area contributed by atoms with Gasteiger partial charge >= 0.3 is 0 Å². The van der Waals surface area contributed by atoms with Crippen molar-refractivity contribution in [2.45, 2.75) is 25.9 Å². The van der Waals surface area contributed by atoms with Gasteiger partial charge in [-0.25, -0.2) is 0 Å². The van der Waals surface area contributed by atoms with Crippen LogP contribution in [0.2, 0.25) is 0 Å². The first kappa shape index (κ1) is 18.1. The average molecular weight is 316 g/mol. The molecule has 0 aromatic heterocycles. The second-order valence-electron chi connectivity index (χ2n) is 6.22. The zero-order valence-electron chi connectivity index (χ0n) is 14.3. The molecule has 0 saturated carbocycles. The van der Waals surface area contributed by atoms with Gasteiger partial charge < -0.3 is 16.0 Å². The molecule has 0 radical (unpaired) electrons. The summed E-state index contributed by atoms with van der Waals surface area (Å²) in [5.74, 6) is 0. The first-order chi connectivity index (χ1) is 11.4. The van der Waals surface area contributed by atoms with Crippen LogP contribution in [0.5, 0.6) is 0 Å². The fraction of sp³-hybridized carbons (Fsp3) is 0.579. The highest BCUT2D eigenvalue weighted by molar-refractivity contribution is 5.22. The molecule has 23 heavy (non-hydrogen) atoms. The Morgan fingerprint density at radius 3 is 2.26 bits per heavy atom. The second-order valence-corrected chi connectivity index (χ2v) is 6.22. The van der Waals surface area contributed by atoms with Gasteiger partial charge in [-0.3, -0.25) is 4.90 Å². The van der Waals surface area contributed by atoms with E-state index in [1.165, 1.54) is 24.0 Å². The van der Waals surface area contributed by atoms with Crippen molar-refractivity contribution in [3.8, 4) is 0 Å². The van der Waals surface area contributed by atoms with Gasteiger partial charge in [0.25, 0.3) is 0 Å². The van der Waals surface area contributed by atoms with Crippen LogP contribution in [-0.2, 0) is 13.1 Å². The summed E-state index contributed by atoms with van der Waals surface area (Å²) in [6.45, 7) is 13.2. The van der Waals surface area contributed by atoms with Crippen LogP contribution in [0.15, 0.2) is 36.9 Å². The molecule has 2 bridgehead atoms. The van der Waals surface area contributed by atoms with Crippen molar-refractivity contribution in [3.05, 3.63) is 48.0 Å². The van der Waals surface area contributed by atoms with Crippen LogP contribution in [0.25, 0.3) is 0 Å². The number of hydrogen-bond donors (Lipinski definition) is 3. The van der Waals surface area contributed by atoms with Crippen LogP contribution < -0.4 is 16.0 Å². The number of hydrogen-bond acceptors (Lipinski definition) is 4. The first-order valence-electron chi connectivity index (χ1n) is 8.91. The van der Waals surface area contributed by atoms with Crippen molar-refractivity contribution in [2.75, 3.05) is 45.8 Å². The zero-order valence-corrected chi connectivity index (χ0v) is 14.3. The minimum Gasteiger partial charge on any atom is -0.315 e. The van der Waals surface area contributed by atoms with E-state index in [9.17, 15) is 0 Å². The van der Waals surface area contributed by atoms with Crippen molar-refractivity contribution in [1.29, 1.82) is 0 Å². The van der Waals surface area contributed by atoms with Gasteiger partial charge in [-0.15, -0.1) is 6.58 Å². The number of fused-ring (bicyclic) bond motifs is 15. The van der Waals surface area contributed by atoms with Crippen molar-refractivity contribution in [2.24, 2.45) is 0 Å². The molecule has 3 rings (SSSR count). The van der Waals surface area contributed by atoms with Gasteiger partial charge in [0.15, 0.2) is 0 Å². The van der Waals surface area contributed by atoms with Crippen molar-refractivity contribution in [3.63, 3.8) is 0 Å². The van der Waals surface area contributed by atoms with Crippen LogP contribution in [0.4, 0.5) is 0 Å². The van der Waals surface area contributed by atoms with Gasteiger partial charge in [0, 0.05) is 39.3 Å². The van der Waals surface area contributed by atoms with Gasteiger partial charge in [0.05, 0.1) is 0 Å². The first-order valence-corrected chi connectivity index (χ1v) is 8.91. The predicted molar refractivity (Wildman–Crippen MR) is 98.6 cm³/mol. The van der Waals surface area contributed by atoms with Gasteiger partial charge in [0.2, 0.25) is 0 Å². The molecule has 2 aliphatic heterocycles. The maximum absolute atomic E-state index is 3.89. The molecule has 2 aliphatic rings. The Hall–Kier alpha value is -1.20. The van der Waals surface area contributed by atoms with E-state index in [1.54, 1.807) is 0 Å². The quantitative estimate of drug-likeness (QED) is 0.727. The van der Waals surface area contributed by atoms with Crippen molar-refractivity contribution < 1.29 is 0 Å². The van der Waals surface area contributed by atoms with Crippen LogP contribution >= 0.6 is 0 Å². The molecule has 1 aromatic rings. The second kappa shape index (κ2) is 11.4. The topological polar surface area (TPSA) is 39.3 Å². The van der Waals surface area contributed by atoms with Gasteiger partial charge in [-0.05, 0) is 43.6 Å². The molecule has 2 heterocycles. The summed E-state index contributed by atoms with van der Waals surface area (Å²) >= 11 is 0. The fourth-order valence-corrected chi connectivity index (χ4v) is 2.86. The third-order valence-electron chi connectivity index (χ3n) is 4.16. The predicted octanol–water partition coefficient (Wildman–Crippen LogP) is 1.74. The van der Waals surface area contributed by atoms with Gasteiger partial charge in [-0.1, -0.05) is 30.3 Å². The molecule has 1 aromatic carbocycles. The largest absolute Gasteiger partial charge is 0.315 e. The molecule has 3 N–H and O–H groups in total. The molecular formula is C19H32N4. The third kappa shape index (κ3) is 7.75. The molecular weight excluding hydrogens is 284 g/mol. The van der Waals surface area contributed by atoms with E-state index in [4.69, 9.17) is 0 Å². The van der Waals surface area contributed by atoms with Crippen LogP contribution in [0.1, 0.15) is 24.0 Å². The highest BCUT2D eigenvalue weighted by atomic mass is 15.1. The van der Waals surface area contributed by atoms with Crippen molar-refractivity contribution >= 4 is 0 Å². The maximum Gasteiger partial charge on any atom is 0.0237 e. The highest BCUT2D eigenvalue weighted by Gasteiger charge is 2.05. The van der Waals surface area contributed by atoms with Gasteiger partial charge in [0.1, 0.15) is 0 Å². The van der Waals surface area contributed by atoms with Crippen LogP contribution in [-0.4, -0.2) is 50.7 Å². The minimum absolute atomic E-state index is 0.949. The molecule has 0 spiro atoms. The molecule has 0 aliphatic carbocycles. The molecule has 0 amide bonds. The van der Waals surface area contributed by atoms with E-state index in [0.29, 0.717) is 0 Å². The lowest BCUT2D eigenvalue weighted by molar-refractivity contribution is 0.289. The average Bonchev–Trinajstić information content (AvgIpc) is 2.57. The monoisotopic (exact) mass is 316 g/mol. The van der Waals surface area contributed by atoms with Gasteiger partial charge in [-0.2, -0.15) is 0 Å². The van der Waals surface area contributed by atoms with E-state index in [-0.39, 0.29) is 0 Å². The Bertz CT molecular complexity index is 430. The summed E-state index contributed by atoms with van der Waals surface area (Å²) in [5, 5.41) is 10.5. The summed E-state index contributed by atoms with van der Waals surface area (Å²) < 4.78 is 0. The molecule has 128 valence electrons. The van der Waals surface area contributed by atoms with E-state index in [0.717, 1.165) is 58.9 Å². The maximum atomic E-state index is 3.89. The fourth-order valence-electron chi connectivity index (χ4n) is 2.86. The lowest BCUT2D eigenvalue weighted by Gasteiger charge is -2.21. The van der Waals surface area contributed by atoms with Crippen LogP contribution in [0.3, 0.4) is 0 Å². The van der Waals surface area contributed by atoms with E-state index < -0.39 is 0 Å².